The van der Waals surface area contributed by atoms with E-state index in [0.29, 0.717) is 16.4 Å². The molecule has 1 aromatic heterocycles. The summed E-state index contributed by atoms with van der Waals surface area (Å²) in [5.41, 5.74) is 1.82. The molecule has 3 rings (SSSR count). The maximum atomic E-state index is 13.7. The van der Waals surface area contributed by atoms with Gasteiger partial charge in [0.1, 0.15) is 0 Å². The molecule has 0 aliphatic carbocycles. The van der Waals surface area contributed by atoms with Crippen molar-refractivity contribution < 1.29 is 18.7 Å². The first-order valence-corrected chi connectivity index (χ1v) is 8.19. The molecule has 0 aliphatic heterocycles. The van der Waals surface area contributed by atoms with E-state index < -0.39 is 17.7 Å². The summed E-state index contributed by atoms with van der Waals surface area (Å²) in [5, 5.41) is 10.9. The molecular formula is C18H14ClFN4O3. The molecule has 0 unspecified atom stereocenters. The van der Waals surface area contributed by atoms with Crippen LogP contribution in [0.15, 0.2) is 42.6 Å². The van der Waals surface area contributed by atoms with Crippen LogP contribution in [0.1, 0.15) is 23.0 Å². The number of amides is 1. The van der Waals surface area contributed by atoms with Gasteiger partial charge in [-0.1, -0.05) is 22.9 Å². The van der Waals surface area contributed by atoms with Gasteiger partial charge >= 0.3 is 5.97 Å². The zero-order chi connectivity index (χ0) is 19.6. The van der Waals surface area contributed by atoms with Crippen molar-refractivity contribution in [3.8, 4) is 11.4 Å². The Morgan fingerprint density at radius 2 is 2.00 bits per heavy atom. The lowest BCUT2D eigenvalue weighted by atomic mass is 10.2. The Hall–Kier alpha value is -3.26. The molecule has 3 aromatic rings. The molecule has 0 fully saturated rings. The van der Waals surface area contributed by atoms with Gasteiger partial charge in [-0.2, -0.15) is 0 Å². The van der Waals surface area contributed by atoms with Crippen molar-refractivity contribution in [2.45, 2.75) is 13.8 Å². The highest BCUT2D eigenvalue weighted by molar-refractivity contribution is 6.31. The van der Waals surface area contributed by atoms with Gasteiger partial charge in [0.2, 0.25) is 0 Å². The quantitative estimate of drug-likeness (QED) is 0.545. The van der Waals surface area contributed by atoms with E-state index in [1.165, 1.54) is 29.9 Å². The standard InChI is InChI=1S/C18H14ClFN4O3/c1-10-3-4-12(19)7-15(10)21-18(26)16-9-24(23-22-16)13-5-6-14(20)17(8-13)27-11(2)25/h3-9H,1-2H3,(H,21,26). The van der Waals surface area contributed by atoms with Gasteiger partial charge < -0.3 is 10.1 Å². The Labute approximate surface area is 158 Å². The Morgan fingerprint density at radius 3 is 2.74 bits per heavy atom. The monoisotopic (exact) mass is 388 g/mol. The first-order chi connectivity index (χ1) is 12.8. The number of aromatic nitrogens is 3. The maximum Gasteiger partial charge on any atom is 0.308 e. The van der Waals surface area contributed by atoms with E-state index in [1.54, 1.807) is 18.2 Å². The maximum absolute atomic E-state index is 13.7. The molecule has 0 radical (unpaired) electrons. The number of esters is 1. The third-order valence-electron chi connectivity index (χ3n) is 3.61. The Bertz CT molecular complexity index is 1040. The van der Waals surface area contributed by atoms with E-state index in [9.17, 15) is 14.0 Å². The third kappa shape index (κ3) is 4.29. The second-order valence-corrected chi connectivity index (χ2v) is 6.11. The summed E-state index contributed by atoms with van der Waals surface area (Å²) in [6.45, 7) is 3.00. The molecule has 138 valence electrons. The molecular weight excluding hydrogens is 375 g/mol. The molecule has 1 N–H and O–H groups in total. The first-order valence-electron chi connectivity index (χ1n) is 7.81. The van der Waals surface area contributed by atoms with Crippen molar-refractivity contribution in [2.24, 2.45) is 0 Å². The van der Waals surface area contributed by atoms with E-state index in [2.05, 4.69) is 15.6 Å². The van der Waals surface area contributed by atoms with Crippen molar-refractivity contribution in [1.29, 1.82) is 0 Å². The normalized spacial score (nSPS) is 10.5. The molecule has 0 atom stereocenters. The molecule has 27 heavy (non-hydrogen) atoms. The summed E-state index contributed by atoms with van der Waals surface area (Å²) >= 11 is 5.94. The summed E-state index contributed by atoms with van der Waals surface area (Å²) in [6, 6.07) is 8.96. The van der Waals surface area contributed by atoms with Gasteiger partial charge in [-0.3, -0.25) is 9.59 Å². The number of rotatable bonds is 4. The van der Waals surface area contributed by atoms with Crippen LogP contribution in [0, 0.1) is 12.7 Å². The number of ether oxygens (including phenoxy) is 1. The van der Waals surface area contributed by atoms with Gasteiger partial charge in [0.05, 0.1) is 11.9 Å². The topological polar surface area (TPSA) is 86.1 Å². The number of carbonyl (C=O) groups is 2. The molecule has 1 heterocycles. The average molecular weight is 389 g/mol. The van der Waals surface area contributed by atoms with Crippen molar-refractivity contribution >= 4 is 29.2 Å². The summed E-state index contributed by atoms with van der Waals surface area (Å²) < 4.78 is 19.8. The number of nitrogens with one attached hydrogen (secondary N) is 1. The van der Waals surface area contributed by atoms with Gasteiger partial charge in [-0.25, -0.2) is 9.07 Å². The van der Waals surface area contributed by atoms with Gasteiger partial charge in [-0.15, -0.1) is 5.10 Å². The first kappa shape index (κ1) is 18.5. The van der Waals surface area contributed by atoms with Crippen LogP contribution in [0.25, 0.3) is 5.69 Å². The van der Waals surface area contributed by atoms with Gasteiger partial charge in [-0.05, 0) is 36.8 Å². The molecule has 9 heteroatoms. The lowest BCUT2D eigenvalue weighted by molar-refractivity contribution is -0.132. The van der Waals surface area contributed by atoms with Crippen molar-refractivity contribution in [1.82, 2.24) is 15.0 Å². The summed E-state index contributed by atoms with van der Waals surface area (Å²) in [6.07, 6.45) is 1.37. The molecule has 0 bridgehead atoms. The molecule has 0 aliphatic rings. The molecule has 0 saturated carbocycles. The Kier molecular flexibility index (Phi) is 5.18. The minimum absolute atomic E-state index is 0.0488. The van der Waals surface area contributed by atoms with Crippen molar-refractivity contribution in [2.75, 3.05) is 5.32 Å². The van der Waals surface area contributed by atoms with Gasteiger partial charge in [0.25, 0.3) is 5.91 Å². The lowest BCUT2D eigenvalue weighted by Crippen LogP contribution is -2.13. The number of nitrogens with zero attached hydrogens (tertiary/aromatic N) is 3. The second-order valence-electron chi connectivity index (χ2n) is 5.67. The third-order valence-corrected chi connectivity index (χ3v) is 3.84. The number of aryl methyl sites for hydroxylation is 1. The number of anilines is 1. The minimum atomic E-state index is -0.691. The van der Waals surface area contributed by atoms with E-state index in [1.807, 2.05) is 6.92 Å². The summed E-state index contributed by atoms with van der Waals surface area (Å²) in [4.78, 5) is 23.4. The predicted molar refractivity (Wildman–Crippen MR) is 96.8 cm³/mol. The van der Waals surface area contributed by atoms with Crippen LogP contribution in [0.3, 0.4) is 0 Å². The van der Waals surface area contributed by atoms with E-state index in [4.69, 9.17) is 16.3 Å². The molecule has 7 nitrogen and oxygen atoms in total. The van der Waals surface area contributed by atoms with E-state index >= 15 is 0 Å². The lowest BCUT2D eigenvalue weighted by Gasteiger charge is -2.07. The SMILES string of the molecule is CC(=O)Oc1cc(-n2cc(C(=O)Nc3cc(Cl)ccc3C)nn2)ccc1F. The fourth-order valence-electron chi connectivity index (χ4n) is 2.28. The fraction of sp³-hybridized carbons (Fsp3) is 0.111. The number of carbonyl (C=O) groups excluding carboxylic acids is 2. The Balaban J connectivity index is 1.83. The number of halogens is 2. The minimum Gasteiger partial charge on any atom is -0.423 e. The highest BCUT2D eigenvalue weighted by Crippen LogP contribution is 2.22. The summed E-state index contributed by atoms with van der Waals surface area (Å²) in [5.74, 6) is -2.06. The molecule has 2 aromatic carbocycles. The largest absolute Gasteiger partial charge is 0.423 e. The van der Waals surface area contributed by atoms with Crippen molar-refractivity contribution in [3.63, 3.8) is 0 Å². The highest BCUT2D eigenvalue weighted by Gasteiger charge is 2.15. The number of hydrogen-bond donors (Lipinski definition) is 1. The average Bonchev–Trinajstić information content (AvgIpc) is 3.10. The molecule has 0 spiro atoms. The van der Waals surface area contributed by atoms with Gasteiger partial charge in [0, 0.05) is 23.7 Å². The predicted octanol–water partition coefficient (Wildman–Crippen LogP) is 3.55. The molecule has 1 amide bonds. The van der Waals surface area contributed by atoms with Crippen LogP contribution >= 0.6 is 11.6 Å². The number of benzene rings is 2. The van der Waals surface area contributed by atoms with Crippen molar-refractivity contribution in [3.05, 3.63) is 64.7 Å². The van der Waals surface area contributed by atoms with Crippen LogP contribution in [0.2, 0.25) is 5.02 Å². The molecule has 0 saturated heterocycles. The van der Waals surface area contributed by atoms with E-state index in [0.717, 1.165) is 11.6 Å². The zero-order valence-corrected chi connectivity index (χ0v) is 15.1. The van der Waals surface area contributed by atoms with Crippen LogP contribution in [-0.2, 0) is 4.79 Å². The van der Waals surface area contributed by atoms with Crippen LogP contribution < -0.4 is 10.1 Å². The smallest absolute Gasteiger partial charge is 0.308 e. The highest BCUT2D eigenvalue weighted by atomic mass is 35.5. The number of hydrogen-bond acceptors (Lipinski definition) is 5. The summed E-state index contributed by atoms with van der Waals surface area (Å²) in [7, 11) is 0. The van der Waals surface area contributed by atoms with Crippen LogP contribution in [-0.4, -0.2) is 26.9 Å². The van der Waals surface area contributed by atoms with Gasteiger partial charge in [0.15, 0.2) is 17.3 Å². The van der Waals surface area contributed by atoms with Crippen LogP contribution in [0.5, 0.6) is 5.75 Å². The second kappa shape index (κ2) is 7.55. The van der Waals surface area contributed by atoms with Crippen LogP contribution in [0.4, 0.5) is 10.1 Å². The Morgan fingerprint density at radius 1 is 1.22 bits per heavy atom. The van der Waals surface area contributed by atoms with E-state index in [-0.39, 0.29) is 11.4 Å². The zero-order valence-electron chi connectivity index (χ0n) is 14.4. The fourth-order valence-corrected chi connectivity index (χ4v) is 2.45.